The van der Waals surface area contributed by atoms with Crippen molar-refractivity contribution >= 4 is 38.4 Å². The summed E-state index contributed by atoms with van der Waals surface area (Å²) in [6.07, 6.45) is 0.812. The molecule has 3 aromatic rings. The summed E-state index contributed by atoms with van der Waals surface area (Å²) in [6.45, 7) is 4.42. The highest BCUT2D eigenvalue weighted by atomic mass is 79.9. The van der Waals surface area contributed by atoms with Gasteiger partial charge in [-0.3, -0.25) is 4.79 Å². The Morgan fingerprint density at radius 3 is 2.92 bits per heavy atom. The zero-order chi connectivity index (χ0) is 17.3. The Morgan fingerprint density at radius 1 is 1.38 bits per heavy atom. The minimum Gasteiger partial charge on any atom is -0.396 e. The van der Waals surface area contributed by atoms with Crippen molar-refractivity contribution in [2.24, 2.45) is 0 Å². The second kappa shape index (κ2) is 6.86. The van der Waals surface area contributed by atoms with Gasteiger partial charge in [-0.15, -0.1) is 0 Å². The van der Waals surface area contributed by atoms with Gasteiger partial charge in [0.25, 0.3) is 0 Å². The molecule has 126 valence electrons. The normalized spacial score (nSPS) is 11.3. The number of aryl methyl sites for hydroxylation is 2. The first-order chi connectivity index (χ1) is 11.5. The van der Waals surface area contributed by atoms with Crippen LogP contribution in [-0.2, 0) is 11.2 Å². The van der Waals surface area contributed by atoms with Crippen molar-refractivity contribution in [3.63, 3.8) is 0 Å². The molecule has 0 atom stereocenters. The molecule has 7 heteroatoms. The van der Waals surface area contributed by atoms with Crippen molar-refractivity contribution in [3.05, 3.63) is 39.6 Å². The molecule has 6 nitrogen and oxygen atoms in total. The molecule has 0 saturated carbocycles. The van der Waals surface area contributed by atoms with Crippen LogP contribution >= 0.6 is 15.9 Å². The third-order valence-electron chi connectivity index (χ3n) is 4.07. The first kappa shape index (κ1) is 16.9. The lowest BCUT2D eigenvalue weighted by Crippen LogP contribution is -2.27. The van der Waals surface area contributed by atoms with Crippen molar-refractivity contribution in [3.8, 4) is 0 Å². The number of benzene rings is 1. The van der Waals surface area contributed by atoms with Crippen LogP contribution in [0.25, 0.3) is 16.6 Å². The Bertz CT molecular complexity index is 920. The minimum absolute atomic E-state index is 0.0707. The molecular formula is C17H19BrN4O2. The Kier molecular flexibility index (Phi) is 4.82. The fourth-order valence-corrected chi connectivity index (χ4v) is 3.14. The van der Waals surface area contributed by atoms with Gasteiger partial charge in [-0.1, -0.05) is 15.9 Å². The summed E-state index contributed by atoms with van der Waals surface area (Å²) < 4.78 is 2.77. The highest BCUT2D eigenvalue weighted by Gasteiger charge is 2.16. The van der Waals surface area contributed by atoms with Crippen LogP contribution < -0.4 is 5.32 Å². The first-order valence-corrected chi connectivity index (χ1v) is 8.62. The van der Waals surface area contributed by atoms with Crippen molar-refractivity contribution in [1.29, 1.82) is 0 Å². The molecule has 0 spiro atoms. The molecule has 0 unspecified atom stereocenters. The molecule has 0 aliphatic rings. The van der Waals surface area contributed by atoms with Crippen LogP contribution in [-0.4, -0.2) is 38.8 Å². The van der Waals surface area contributed by atoms with Crippen molar-refractivity contribution in [1.82, 2.24) is 19.9 Å². The van der Waals surface area contributed by atoms with Gasteiger partial charge in [-0.2, -0.15) is 5.10 Å². The number of aliphatic hydroxyl groups is 1. The Morgan fingerprint density at radius 2 is 2.17 bits per heavy atom. The van der Waals surface area contributed by atoms with Crippen LogP contribution in [0.2, 0.25) is 0 Å². The number of amides is 1. The van der Waals surface area contributed by atoms with E-state index in [4.69, 9.17) is 5.11 Å². The second-order valence-electron chi connectivity index (χ2n) is 5.76. The molecule has 2 N–H and O–H groups in total. The summed E-state index contributed by atoms with van der Waals surface area (Å²) in [5.41, 5.74) is 4.31. The number of fused-ring (bicyclic) bond motifs is 3. The molecule has 0 fully saturated rings. The summed E-state index contributed by atoms with van der Waals surface area (Å²) in [6, 6.07) is 5.92. The Labute approximate surface area is 148 Å². The van der Waals surface area contributed by atoms with E-state index in [9.17, 15) is 4.79 Å². The van der Waals surface area contributed by atoms with Crippen LogP contribution in [0.4, 0.5) is 0 Å². The van der Waals surface area contributed by atoms with Crippen molar-refractivity contribution in [2.75, 3.05) is 13.2 Å². The largest absolute Gasteiger partial charge is 0.396 e. The lowest BCUT2D eigenvalue weighted by atomic mass is 10.1. The second-order valence-corrected chi connectivity index (χ2v) is 6.68. The molecule has 3 rings (SSSR count). The number of nitrogens with zero attached hydrogens (tertiary/aromatic N) is 3. The smallest absolute Gasteiger partial charge is 0.224 e. The third kappa shape index (κ3) is 3.14. The number of carbonyl (C=O) groups is 1. The SMILES string of the molecule is Cc1nc2c3ccc(Br)cc3nn2c(C)c1CC(=O)NCCCO. The summed E-state index contributed by atoms with van der Waals surface area (Å²) in [4.78, 5) is 16.8. The summed E-state index contributed by atoms with van der Waals surface area (Å²) >= 11 is 3.46. The van der Waals surface area contributed by atoms with Crippen LogP contribution in [0.1, 0.15) is 23.4 Å². The highest BCUT2D eigenvalue weighted by molar-refractivity contribution is 9.10. The predicted octanol–water partition coefficient (Wildman–Crippen LogP) is 2.30. The number of aromatic nitrogens is 3. The van der Waals surface area contributed by atoms with E-state index in [1.54, 1.807) is 4.52 Å². The number of aliphatic hydroxyl groups excluding tert-OH is 1. The summed E-state index contributed by atoms with van der Waals surface area (Å²) in [7, 11) is 0. The van der Waals surface area contributed by atoms with E-state index in [0.717, 1.165) is 38.0 Å². The molecule has 1 aromatic carbocycles. The zero-order valence-corrected chi connectivity index (χ0v) is 15.2. The first-order valence-electron chi connectivity index (χ1n) is 7.83. The molecule has 24 heavy (non-hydrogen) atoms. The number of carbonyl (C=O) groups excluding carboxylic acids is 1. The number of halogens is 1. The monoisotopic (exact) mass is 390 g/mol. The molecule has 0 aliphatic heterocycles. The van der Waals surface area contributed by atoms with Gasteiger partial charge < -0.3 is 10.4 Å². The molecule has 2 aromatic heterocycles. The van der Waals surface area contributed by atoms with Gasteiger partial charge in [0.05, 0.1) is 11.9 Å². The maximum Gasteiger partial charge on any atom is 0.224 e. The number of rotatable bonds is 5. The average molecular weight is 391 g/mol. The molecule has 0 bridgehead atoms. The summed E-state index contributed by atoms with van der Waals surface area (Å²) in [5.74, 6) is -0.0738. The van der Waals surface area contributed by atoms with E-state index in [1.165, 1.54) is 0 Å². The van der Waals surface area contributed by atoms with E-state index < -0.39 is 0 Å². The fraction of sp³-hybridized carbons (Fsp3) is 0.353. The lowest BCUT2D eigenvalue weighted by molar-refractivity contribution is -0.120. The minimum atomic E-state index is -0.0738. The van der Waals surface area contributed by atoms with E-state index in [0.29, 0.717) is 13.0 Å². The number of hydrogen-bond acceptors (Lipinski definition) is 4. The third-order valence-corrected chi connectivity index (χ3v) is 4.56. The van der Waals surface area contributed by atoms with Gasteiger partial charge in [0.2, 0.25) is 5.91 Å². The van der Waals surface area contributed by atoms with Crippen molar-refractivity contribution < 1.29 is 9.90 Å². The van der Waals surface area contributed by atoms with Gasteiger partial charge in [-0.05, 0) is 38.5 Å². The molecular weight excluding hydrogens is 372 g/mol. The zero-order valence-electron chi connectivity index (χ0n) is 13.6. The van der Waals surface area contributed by atoms with Crippen molar-refractivity contribution in [2.45, 2.75) is 26.7 Å². The van der Waals surface area contributed by atoms with Crippen LogP contribution in [0.5, 0.6) is 0 Å². The Balaban J connectivity index is 2.00. The van der Waals surface area contributed by atoms with E-state index in [1.807, 2.05) is 32.0 Å². The molecule has 0 radical (unpaired) electrons. The fourth-order valence-electron chi connectivity index (χ4n) is 2.79. The van der Waals surface area contributed by atoms with Crippen LogP contribution in [0.3, 0.4) is 0 Å². The highest BCUT2D eigenvalue weighted by Crippen LogP contribution is 2.25. The van der Waals surface area contributed by atoms with Crippen LogP contribution in [0, 0.1) is 13.8 Å². The standard InChI is InChI=1S/C17H19BrN4O2/c1-10-14(9-16(24)19-6-3-7-23)11(2)22-17(20-10)13-5-4-12(18)8-15(13)21-22/h4-5,8,23H,3,6-7,9H2,1-2H3,(H,19,24). The molecule has 0 saturated heterocycles. The molecule has 2 heterocycles. The maximum absolute atomic E-state index is 12.1. The van der Waals surface area contributed by atoms with Crippen LogP contribution in [0.15, 0.2) is 22.7 Å². The van der Waals surface area contributed by atoms with Gasteiger partial charge in [0, 0.05) is 40.0 Å². The number of nitrogens with one attached hydrogen (secondary N) is 1. The summed E-state index contributed by atoms with van der Waals surface area (Å²) in [5, 5.41) is 17.2. The van der Waals surface area contributed by atoms with Gasteiger partial charge in [0.15, 0.2) is 5.65 Å². The predicted molar refractivity (Wildman–Crippen MR) is 96.1 cm³/mol. The van der Waals surface area contributed by atoms with E-state index in [2.05, 4.69) is 31.3 Å². The number of hydrogen-bond donors (Lipinski definition) is 2. The average Bonchev–Trinajstić information content (AvgIpc) is 2.89. The maximum atomic E-state index is 12.1. The molecule has 0 aliphatic carbocycles. The quantitative estimate of drug-likeness (QED) is 0.655. The van der Waals surface area contributed by atoms with E-state index in [-0.39, 0.29) is 18.9 Å². The lowest BCUT2D eigenvalue weighted by Gasteiger charge is -2.11. The van der Waals surface area contributed by atoms with Gasteiger partial charge >= 0.3 is 0 Å². The molecule has 1 amide bonds. The van der Waals surface area contributed by atoms with E-state index >= 15 is 0 Å². The van der Waals surface area contributed by atoms with Gasteiger partial charge in [-0.25, -0.2) is 9.50 Å². The van der Waals surface area contributed by atoms with Gasteiger partial charge in [0.1, 0.15) is 0 Å². The Hall–Kier alpha value is -1.99. The topological polar surface area (TPSA) is 79.5 Å².